The summed E-state index contributed by atoms with van der Waals surface area (Å²) in [5.74, 6) is -1.24. The van der Waals surface area contributed by atoms with Crippen molar-refractivity contribution in [3.63, 3.8) is 0 Å². The van der Waals surface area contributed by atoms with Crippen LogP contribution in [0.15, 0.2) is 59.7 Å². The predicted octanol–water partition coefficient (Wildman–Crippen LogP) is 1.40. The molecule has 0 aromatic heterocycles. The molecule has 158 valence electrons. The number of amides is 3. The van der Waals surface area contributed by atoms with Crippen molar-refractivity contribution in [2.75, 3.05) is 13.2 Å². The van der Waals surface area contributed by atoms with Crippen LogP contribution in [0.25, 0.3) is 0 Å². The van der Waals surface area contributed by atoms with E-state index in [4.69, 9.17) is 4.74 Å². The van der Waals surface area contributed by atoms with Gasteiger partial charge < -0.3 is 15.4 Å². The summed E-state index contributed by atoms with van der Waals surface area (Å²) >= 11 is 0. The summed E-state index contributed by atoms with van der Waals surface area (Å²) in [7, 11) is 0. The van der Waals surface area contributed by atoms with Crippen LogP contribution in [0.1, 0.15) is 25.0 Å². The zero-order valence-corrected chi connectivity index (χ0v) is 17.1. The molecule has 0 spiro atoms. The first-order chi connectivity index (χ1) is 14.4. The van der Waals surface area contributed by atoms with Gasteiger partial charge in [0.05, 0.1) is 6.21 Å². The largest absolute Gasteiger partial charge is 0.484 e. The number of nitrogens with one attached hydrogen (secondary N) is 3. The van der Waals surface area contributed by atoms with Gasteiger partial charge in [-0.15, -0.1) is 0 Å². The molecule has 3 amide bonds. The first kappa shape index (κ1) is 22.6. The summed E-state index contributed by atoms with van der Waals surface area (Å²) < 4.78 is 5.46. The highest BCUT2D eigenvalue weighted by Crippen LogP contribution is 2.10. The summed E-state index contributed by atoms with van der Waals surface area (Å²) in [6, 6.07) is 16.6. The third-order valence-electron chi connectivity index (χ3n) is 3.83. The molecule has 2 aromatic carbocycles. The fraction of sp³-hybridized carbons (Fsp3) is 0.273. The molecule has 0 aliphatic rings. The number of rotatable bonds is 9. The van der Waals surface area contributed by atoms with Crippen molar-refractivity contribution in [3.8, 4) is 5.75 Å². The molecule has 0 unspecified atom stereocenters. The Morgan fingerprint density at radius 1 is 1.00 bits per heavy atom. The molecule has 8 heteroatoms. The fourth-order valence-electron chi connectivity index (χ4n) is 2.38. The number of hydrogen-bond acceptors (Lipinski definition) is 5. The fourth-order valence-corrected chi connectivity index (χ4v) is 2.38. The molecule has 0 aliphatic heterocycles. The second-order valence-corrected chi connectivity index (χ2v) is 6.77. The smallest absolute Gasteiger partial charge is 0.329 e. The Bertz CT molecular complexity index is 864. The summed E-state index contributed by atoms with van der Waals surface area (Å²) in [6.45, 7) is 3.98. The topological polar surface area (TPSA) is 109 Å². The first-order valence-corrected chi connectivity index (χ1v) is 9.61. The lowest BCUT2D eigenvalue weighted by Crippen LogP contribution is -2.41. The quantitative estimate of drug-likeness (QED) is 0.330. The van der Waals surface area contributed by atoms with Gasteiger partial charge in [-0.2, -0.15) is 5.10 Å². The average molecular weight is 410 g/mol. The standard InChI is InChI=1S/C22H26N4O4/c1-16(2)25-21(28)22(29)26-24-14-18-8-10-19(11-9-18)30-15-20(27)23-13-12-17-6-4-3-5-7-17/h3-11,14,16H,12-13,15H2,1-2H3,(H,23,27)(H,25,28)(H,26,29)/b24-14-. The number of hydrazone groups is 1. The second-order valence-electron chi connectivity index (χ2n) is 6.77. The van der Waals surface area contributed by atoms with Crippen molar-refractivity contribution < 1.29 is 19.1 Å². The van der Waals surface area contributed by atoms with Gasteiger partial charge >= 0.3 is 11.8 Å². The van der Waals surface area contributed by atoms with Crippen LogP contribution < -0.4 is 20.8 Å². The van der Waals surface area contributed by atoms with E-state index in [0.29, 0.717) is 17.9 Å². The Hall–Kier alpha value is -3.68. The molecule has 0 fully saturated rings. The number of benzene rings is 2. The molecule has 0 bridgehead atoms. The number of carbonyl (C=O) groups excluding carboxylic acids is 3. The van der Waals surface area contributed by atoms with Gasteiger partial charge in [0.25, 0.3) is 5.91 Å². The first-order valence-electron chi connectivity index (χ1n) is 9.61. The van der Waals surface area contributed by atoms with Crippen LogP contribution >= 0.6 is 0 Å². The van der Waals surface area contributed by atoms with Gasteiger partial charge in [0.2, 0.25) is 0 Å². The molecular formula is C22H26N4O4. The van der Waals surface area contributed by atoms with Gasteiger partial charge in [-0.1, -0.05) is 30.3 Å². The molecular weight excluding hydrogens is 384 g/mol. The summed E-state index contributed by atoms with van der Waals surface area (Å²) in [5, 5.41) is 9.02. The Morgan fingerprint density at radius 2 is 1.70 bits per heavy atom. The van der Waals surface area contributed by atoms with Crippen LogP contribution in [-0.4, -0.2) is 43.1 Å². The summed E-state index contributed by atoms with van der Waals surface area (Å²) in [6.07, 6.45) is 2.16. The second kappa shape index (κ2) is 12.0. The van der Waals surface area contributed by atoms with Gasteiger partial charge in [0, 0.05) is 12.6 Å². The maximum absolute atomic E-state index is 11.9. The van der Waals surface area contributed by atoms with E-state index in [9.17, 15) is 14.4 Å². The molecule has 0 radical (unpaired) electrons. The van der Waals surface area contributed by atoms with E-state index < -0.39 is 11.8 Å². The monoisotopic (exact) mass is 410 g/mol. The van der Waals surface area contributed by atoms with Gasteiger partial charge in [-0.05, 0) is 55.7 Å². The Balaban J connectivity index is 1.69. The number of carbonyl (C=O) groups is 3. The van der Waals surface area contributed by atoms with Gasteiger partial charge in [-0.25, -0.2) is 5.43 Å². The molecule has 30 heavy (non-hydrogen) atoms. The van der Waals surface area contributed by atoms with E-state index in [0.717, 1.165) is 12.0 Å². The third kappa shape index (κ3) is 8.55. The number of ether oxygens (including phenoxy) is 1. The van der Waals surface area contributed by atoms with Gasteiger partial charge in [0.15, 0.2) is 6.61 Å². The van der Waals surface area contributed by atoms with E-state index in [1.807, 2.05) is 30.3 Å². The van der Waals surface area contributed by atoms with Crippen LogP contribution in [0.2, 0.25) is 0 Å². The normalized spacial score (nSPS) is 10.6. The lowest BCUT2D eigenvalue weighted by molar-refractivity contribution is -0.139. The Morgan fingerprint density at radius 3 is 2.37 bits per heavy atom. The molecule has 0 saturated carbocycles. The lowest BCUT2D eigenvalue weighted by atomic mass is 10.1. The van der Waals surface area contributed by atoms with Crippen molar-refractivity contribution in [1.29, 1.82) is 0 Å². The molecule has 0 atom stereocenters. The highest BCUT2D eigenvalue weighted by atomic mass is 16.5. The summed E-state index contributed by atoms with van der Waals surface area (Å²) in [4.78, 5) is 34.9. The zero-order chi connectivity index (χ0) is 21.8. The predicted molar refractivity (Wildman–Crippen MR) is 114 cm³/mol. The van der Waals surface area contributed by atoms with Crippen molar-refractivity contribution in [2.45, 2.75) is 26.3 Å². The maximum Gasteiger partial charge on any atom is 0.329 e. The highest BCUT2D eigenvalue weighted by Gasteiger charge is 2.12. The van der Waals surface area contributed by atoms with Gasteiger partial charge in [-0.3, -0.25) is 14.4 Å². The van der Waals surface area contributed by atoms with Crippen molar-refractivity contribution in [2.24, 2.45) is 5.10 Å². The Labute approximate surface area is 175 Å². The molecule has 0 aliphatic carbocycles. The molecule has 3 N–H and O–H groups in total. The molecule has 2 rings (SSSR count). The van der Waals surface area contributed by atoms with E-state index in [1.54, 1.807) is 38.1 Å². The van der Waals surface area contributed by atoms with Crippen molar-refractivity contribution >= 4 is 23.9 Å². The van der Waals surface area contributed by atoms with Crippen LogP contribution in [0.4, 0.5) is 0 Å². The third-order valence-corrected chi connectivity index (χ3v) is 3.83. The van der Waals surface area contributed by atoms with Crippen LogP contribution in [0, 0.1) is 0 Å². The zero-order valence-electron chi connectivity index (χ0n) is 17.1. The Kier molecular flexibility index (Phi) is 9.05. The minimum atomic E-state index is -0.835. The van der Waals surface area contributed by atoms with Crippen LogP contribution in [0.3, 0.4) is 0 Å². The van der Waals surface area contributed by atoms with E-state index in [2.05, 4.69) is 21.2 Å². The molecule has 8 nitrogen and oxygen atoms in total. The molecule has 0 saturated heterocycles. The van der Waals surface area contributed by atoms with E-state index in [1.165, 1.54) is 6.21 Å². The van der Waals surface area contributed by atoms with Crippen LogP contribution in [0.5, 0.6) is 5.75 Å². The number of hydrogen-bond donors (Lipinski definition) is 3. The molecule has 2 aromatic rings. The average Bonchev–Trinajstić information content (AvgIpc) is 2.73. The van der Waals surface area contributed by atoms with Crippen LogP contribution in [-0.2, 0) is 20.8 Å². The maximum atomic E-state index is 11.9. The van der Waals surface area contributed by atoms with Crippen molar-refractivity contribution in [1.82, 2.24) is 16.1 Å². The minimum absolute atomic E-state index is 0.0801. The molecule has 0 heterocycles. The van der Waals surface area contributed by atoms with Gasteiger partial charge in [0.1, 0.15) is 5.75 Å². The highest BCUT2D eigenvalue weighted by molar-refractivity contribution is 6.35. The lowest BCUT2D eigenvalue weighted by Gasteiger charge is -2.08. The van der Waals surface area contributed by atoms with Crippen molar-refractivity contribution in [3.05, 3.63) is 65.7 Å². The summed E-state index contributed by atoms with van der Waals surface area (Å²) in [5.41, 5.74) is 4.01. The number of nitrogens with zero attached hydrogens (tertiary/aromatic N) is 1. The van der Waals surface area contributed by atoms with E-state index in [-0.39, 0.29) is 18.6 Å². The minimum Gasteiger partial charge on any atom is -0.484 e. The SMILES string of the molecule is CC(C)NC(=O)C(=O)N/N=C\c1ccc(OCC(=O)NCCc2ccccc2)cc1. The van der Waals surface area contributed by atoms with E-state index >= 15 is 0 Å².